The number of benzene rings is 5. The van der Waals surface area contributed by atoms with Crippen molar-refractivity contribution in [3.05, 3.63) is 138 Å². The fraction of sp³-hybridized carbons (Fsp3) is 0.306. The number of fused-ring (bicyclic) bond motifs is 5. The molecule has 1 fully saturated rings. The number of hydrogen-bond donors (Lipinski definition) is 2. The minimum Gasteiger partial charge on any atom is -0.482 e. The average molecular weight is 865 g/mol. The molecule has 322 valence electrons. The highest BCUT2D eigenvalue weighted by molar-refractivity contribution is 6.71. The molecule has 10 rings (SSSR count). The Hall–Kier alpha value is -6.32. The number of carbonyl (C=O) groups is 4. The van der Waals surface area contributed by atoms with Crippen LogP contribution in [0.3, 0.4) is 0 Å². The highest BCUT2D eigenvalue weighted by Crippen LogP contribution is 2.60. The van der Waals surface area contributed by atoms with Crippen molar-refractivity contribution in [3.8, 4) is 11.5 Å². The summed E-state index contributed by atoms with van der Waals surface area (Å²) in [5.74, 6) is -0.477. The molecule has 13 nitrogen and oxygen atoms in total. The van der Waals surface area contributed by atoms with E-state index in [4.69, 9.17) is 14.2 Å². The largest absolute Gasteiger partial charge is 0.482 e. The number of aliphatic hydroxyl groups is 1. The maximum absolute atomic E-state index is 15.5. The third kappa shape index (κ3) is 6.70. The Labute approximate surface area is 366 Å². The fourth-order valence-electron chi connectivity index (χ4n) is 10.6. The van der Waals surface area contributed by atoms with Gasteiger partial charge in [0, 0.05) is 34.9 Å². The second-order valence-electron chi connectivity index (χ2n) is 17.6. The first-order valence-electron chi connectivity index (χ1n) is 21.4. The van der Waals surface area contributed by atoms with Crippen LogP contribution in [0.1, 0.15) is 35.6 Å². The molecular formula is C49H48N4O9Si. The van der Waals surface area contributed by atoms with Crippen LogP contribution < -0.4 is 24.2 Å². The van der Waals surface area contributed by atoms with Crippen LogP contribution in [0.25, 0.3) is 0 Å². The summed E-state index contributed by atoms with van der Waals surface area (Å²) in [5, 5.41) is 10.5. The van der Waals surface area contributed by atoms with Gasteiger partial charge >= 0.3 is 0 Å². The monoisotopic (exact) mass is 864 g/mol. The molecule has 0 unspecified atom stereocenters. The van der Waals surface area contributed by atoms with Crippen LogP contribution in [0, 0.1) is 5.92 Å². The van der Waals surface area contributed by atoms with Gasteiger partial charge in [-0.2, -0.15) is 0 Å². The molecule has 5 aromatic carbocycles. The maximum Gasteiger partial charge on any atom is 0.269 e. The lowest BCUT2D eigenvalue weighted by atomic mass is 9.82. The van der Waals surface area contributed by atoms with E-state index in [0.29, 0.717) is 58.5 Å². The molecule has 1 spiro atoms. The lowest BCUT2D eigenvalue weighted by Crippen LogP contribution is -2.48. The molecule has 0 bridgehead atoms. The van der Waals surface area contributed by atoms with Crippen molar-refractivity contribution in [1.82, 2.24) is 4.90 Å². The van der Waals surface area contributed by atoms with Gasteiger partial charge in [0.05, 0.1) is 48.8 Å². The van der Waals surface area contributed by atoms with E-state index in [1.807, 2.05) is 129 Å². The second-order valence-corrected chi connectivity index (χ2v) is 21.6. The number of nitrogens with zero attached hydrogens (tertiary/aromatic N) is 4. The maximum atomic E-state index is 15.5. The Kier molecular flexibility index (Phi) is 10.0. The zero-order chi connectivity index (χ0) is 43.8. The molecule has 63 heavy (non-hydrogen) atoms. The van der Waals surface area contributed by atoms with Crippen molar-refractivity contribution in [3.63, 3.8) is 0 Å². The Morgan fingerprint density at radius 1 is 0.762 bits per heavy atom. The third-order valence-corrected chi connectivity index (χ3v) is 15.9. The van der Waals surface area contributed by atoms with E-state index in [0.717, 1.165) is 16.7 Å². The van der Waals surface area contributed by atoms with Crippen molar-refractivity contribution < 1.29 is 43.3 Å². The lowest BCUT2D eigenvalue weighted by molar-refractivity contribution is -0.151. The number of amides is 4. The van der Waals surface area contributed by atoms with Gasteiger partial charge in [-0.3, -0.25) is 29.0 Å². The summed E-state index contributed by atoms with van der Waals surface area (Å²) in [7, 11) is -3.19. The van der Waals surface area contributed by atoms with E-state index in [1.54, 1.807) is 25.7 Å². The normalized spacial score (nSPS) is 23.9. The molecule has 5 aromatic rings. The predicted octanol–water partition coefficient (Wildman–Crippen LogP) is 6.48. The molecule has 4 amide bonds. The minimum atomic E-state index is -3.19. The van der Waals surface area contributed by atoms with Gasteiger partial charge in [-0.25, -0.2) is 0 Å². The van der Waals surface area contributed by atoms with Gasteiger partial charge in [-0.15, -0.1) is 0 Å². The van der Waals surface area contributed by atoms with E-state index >= 15 is 4.79 Å². The summed E-state index contributed by atoms with van der Waals surface area (Å²) < 4.78 is 18.6. The lowest BCUT2D eigenvalue weighted by Gasteiger charge is -2.37. The summed E-state index contributed by atoms with van der Waals surface area (Å²) in [5.41, 5.74) is 4.23. The number of hydrogen-bond acceptors (Lipinski definition) is 9. The van der Waals surface area contributed by atoms with Gasteiger partial charge in [0.1, 0.15) is 11.5 Å². The standard InChI is InChI=1S/C49H48N4O9Si/c1-30-47(63(2,3)59)43(24-44(55)50-26-33-11-5-4-10-32(33)22-36(50)27-54)62-49(30)37-23-35(53-40-13-7-9-15-42(40)61-29-46(53)57)20-21-38(37)51(48(49)58)25-31-16-18-34(19-17-31)52-39-12-6-8-14-41(39)60-28-45(52)56/h4-21,23,30,36,43,47,54,59H,22,24-29H2,1-3H3/t30-,36-,43+,47-,49+/m0/s1. The van der Waals surface area contributed by atoms with Gasteiger partial charge in [-0.05, 0) is 90.8 Å². The number of para-hydroxylation sites is 4. The summed E-state index contributed by atoms with van der Waals surface area (Å²) in [6, 6.07) is 35.1. The van der Waals surface area contributed by atoms with Crippen molar-refractivity contribution in [2.45, 2.75) is 69.2 Å². The van der Waals surface area contributed by atoms with Crippen LogP contribution in [-0.2, 0) is 49.0 Å². The summed E-state index contributed by atoms with van der Waals surface area (Å²) >= 11 is 0. The molecule has 0 aromatic heterocycles. The first kappa shape index (κ1) is 40.7. The molecule has 5 aliphatic heterocycles. The van der Waals surface area contributed by atoms with Crippen molar-refractivity contribution in [2.75, 3.05) is 34.5 Å². The van der Waals surface area contributed by atoms with Crippen LogP contribution in [0.2, 0.25) is 18.6 Å². The highest BCUT2D eigenvalue weighted by atomic mass is 28.4. The van der Waals surface area contributed by atoms with Gasteiger partial charge in [0.2, 0.25) is 5.91 Å². The van der Waals surface area contributed by atoms with Crippen LogP contribution in [0.4, 0.5) is 28.4 Å². The zero-order valence-electron chi connectivity index (χ0n) is 35.3. The fourth-order valence-corrected chi connectivity index (χ4v) is 13.2. The molecular weight excluding hydrogens is 817 g/mol. The number of anilines is 5. The van der Waals surface area contributed by atoms with Gasteiger partial charge in [0.25, 0.3) is 17.7 Å². The Morgan fingerprint density at radius 2 is 1.35 bits per heavy atom. The number of ether oxygens (including phenoxy) is 3. The topological polar surface area (TPSA) is 149 Å². The Balaban J connectivity index is 1.03. The smallest absolute Gasteiger partial charge is 0.269 e. The van der Waals surface area contributed by atoms with Gasteiger partial charge in [-0.1, -0.05) is 67.6 Å². The average Bonchev–Trinajstić information content (AvgIpc) is 3.71. The molecule has 14 heteroatoms. The van der Waals surface area contributed by atoms with Crippen LogP contribution in [-0.4, -0.2) is 78.7 Å². The predicted molar refractivity (Wildman–Crippen MR) is 238 cm³/mol. The van der Waals surface area contributed by atoms with Crippen LogP contribution in [0.5, 0.6) is 11.5 Å². The quantitative estimate of drug-likeness (QED) is 0.167. The van der Waals surface area contributed by atoms with E-state index in [1.165, 1.54) is 0 Å². The third-order valence-electron chi connectivity index (χ3n) is 13.4. The van der Waals surface area contributed by atoms with Crippen LogP contribution >= 0.6 is 0 Å². The summed E-state index contributed by atoms with van der Waals surface area (Å²) in [6.45, 7) is 5.58. The molecule has 5 atom stereocenters. The van der Waals surface area contributed by atoms with Crippen molar-refractivity contribution >= 4 is 60.4 Å². The Morgan fingerprint density at radius 3 is 1.98 bits per heavy atom. The molecule has 0 aliphatic carbocycles. The van der Waals surface area contributed by atoms with Crippen molar-refractivity contribution in [1.29, 1.82) is 0 Å². The zero-order valence-corrected chi connectivity index (χ0v) is 36.3. The van der Waals surface area contributed by atoms with Crippen LogP contribution in [0.15, 0.2) is 115 Å². The molecule has 2 N–H and O–H groups in total. The molecule has 0 saturated carbocycles. The number of aliphatic hydroxyl groups excluding tert-OH is 1. The number of rotatable bonds is 8. The molecule has 5 aliphatic rings. The Bertz CT molecular complexity index is 2670. The molecule has 0 radical (unpaired) electrons. The van der Waals surface area contributed by atoms with E-state index < -0.39 is 37.5 Å². The first-order chi connectivity index (χ1) is 30.4. The van der Waals surface area contributed by atoms with Crippen molar-refractivity contribution in [2.24, 2.45) is 5.92 Å². The number of carbonyl (C=O) groups excluding carboxylic acids is 4. The highest BCUT2D eigenvalue weighted by Gasteiger charge is 2.66. The van der Waals surface area contributed by atoms with E-state index in [-0.39, 0.29) is 56.4 Å². The van der Waals surface area contributed by atoms with Gasteiger partial charge in [0.15, 0.2) is 27.1 Å². The SMILES string of the molecule is C[C@H]1[C@H]([Si](C)(C)O)[C@@H](CC(=O)N2Cc3ccccc3C[C@H]2CO)O[C@]12C(=O)N(Cc1ccc(N3C(=O)COc4ccccc43)cc1)c1ccc(N3C(=O)COc4ccccc43)cc12. The second kappa shape index (κ2) is 15.5. The summed E-state index contributed by atoms with van der Waals surface area (Å²) in [6.07, 6.45) is -0.428. The minimum absolute atomic E-state index is 0.0865. The first-order valence-corrected chi connectivity index (χ1v) is 24.4. The molecule has 1 saturated heterocycles. The molecule has 5 heterocycles. The summed E-state index contributed by atoms with van der Waals surface area (Å²) in [4.78, 5) is 75.4. The van der Waals surface area contributed by atoms with E-state index in [2.05, 4.69) is 0 Å². The van der Waals surface area contributed by atoms with Gasteiger partial charge < -0.3 is 33.9 Å². The van der Waals surface area contributed by atoms with E-state index in [9.17, 15) is 24.3 Å².